The first-order valence-corrected chi connectivity index (χ1v) is 9.63. The van der Waals surface area contributed by atoms with Gasteiger partial charge in [0.2, 0.25) is 11.6 Å². The molecule has 0 saturated carbocycles. The Morgan fingerprint density at radius 3 is 2.71 bits per heavy atom. The van der Waals surface area contributed by atoms with E-state index in [2.05, 4.69) is 9.97 Å². The van der Waals surface area contributed by atoms with Gasteiger partial charge in [-0.1, -0.05) is 6.07 Å². The molecule has 1 aromatic carbocycles. The summed E-state index contributed by atoms with van der Waals surface area (Å²) >= 11 is 0. The molecule has 1 aromatic heterocycles. The Labute approximate surface area is 178 Å². The summed E-state index contributed by atoms with van der Waals surface area (Å²) in [7, 11) is 1.52. The largest absolute Gasteiger partial charge is 0.493 e. The van der Waals surface area contributed by atoms with Crippen molar-refractivity contribution in [1.29, 1.82) is 0 Å². The second-order valence-electron chi connectivity index (χ2n) is 6.50. The van der Waals surface area contributed by atoms with E-state index in [1.165, 1.54) is 7.11 Å². The molecule has 1 amide bonds. The third kappa shape index (κ3) is 5.02. The molecule has 4 bridgehead atoms. The van der Waals surface area contributed by atoms with Crippen molar-refractivity contribution < 1.29 is 28.7 Å². The van der Waals surface area contributed by atoms with Crippen LogP contribution in [-0.2, 0) is 11.3 Å². The van der Waals surface area contributed by atoms with Crippen molar-refractivity contribution in [2.45, 2.75) is 26.3 Å². The minimum absolute atomic E-state index is 0.0596. The van der Waals surface area contributed by atoms with Gasteiger partial charge in [-0.25, -0.2) is 4.79 Å². The van der Waals surface area contributed by atoms with Crippen LogP contribution in [0.5, 0.6) is 17.5 Å². The van der Waals surface area contributed by atoms with Gasteiger partial charge >= 0.3 is 17.8 Å². The van der Waals surface area contributed by atoms with Gasteiger partial charge in [-0.2, -0.15) is 9.97 Å². The van der Waals surface area contributed by atoms with Crippen molar-refractivity contribution in [2.24, 2.45) is 0 Å². The van der Waals surface area contributed by atoms with E-state index in [9.17, 15) is 14.9 Å². The zero-order valence-corrected chi connectivity index (χ0v) is 17.2. The third-order valence-corrected chi connectivity index (χ3v) is 4.39. The zero-order valence-electron chi connectivity index (χ0n) is 17.2. The standard InChI is InChI=1S/C19H23N5O7/c1-3-29-19(25)23-11-12-6-7-13(28-2)14(10-12)30-8-4-5-9-31-18-21-16(20)15(24(26)27)17(23)22-18/h6-7,10H,3-5,8-9,11H2,1-2H3,(H2,20,21,22). The number of aromatic nitrogens is 2. The molecule has 0 atom stereocenters. The number of nitrogens with two attached hydrogens (primary N) is 1. The predicted molar refractivity (Wildman–Crippen MR) is 110 cm³/mol. The molecule has 0 radical (unpaired) electrons. The van der Waals surface area contributed by atoms with Crippen LogP contribution in [-0.4, -0.2) is 47.9 Å². The number of methoxy groups -OCH3 is 1. The molecule has 0 aliphatic carbocycles. The molecule has 12 nitrogen and oxygen atoms in total. The number of nitrogens with zero attached hydrogens (tertiary/aromatic N) is 4. The maximum atomic E-state index is 12.7. The molecular weight excluding hydrogens is 410 g/mol. The summed E-state index contributed by atoms with van der Waals surface area (Å²) < 4.78 is 21.8. The fourth-order valence-corrected chi connectivity index (χ4v) is 2.96. The van der Waals surface area contributed by atoms with Crippen molar-refractivity contribution in [1.82, 2.24) is 9.97 Å². The molecule has 3 rings (SSSR count). The molecule has 0 unspecified atom stereocenters. The molecule has 1 aliphatic rings. The van der Waals surface area contributed by atoms with Crippen LogP contribution in [0.15, 0.2) is 18.2 Å². The van der Waals surface area contributed by atoms with E-state index in [0.29, 0.717) is 36.5 Å². The van der Waals surface area contributed by atoms with E-state index in [0.717, 1.165) is 4.90 Å². The van der Waals surface area contributed by atoms with Gasteiger partial charge in [-0.3, -0.25) is 15.0 Å². The Kier molecular flexibility index (Phi) is 6.90. The van der Waals surface area contributed by atoms with Crippen LogP contribution in [0.3, 0.4) is 0 Å². The van der Waals surface area contributed by atoms with Crippen LogP contribution in [0.2, 0.25) is 0 Å². The summed E-state index contributed by atoms with van der Waals surface area (Å²) in [6.07, 6.45) is 0.455. The molecule has 0 fully saturated rings. The molecule has 166 valence electrons. The second-order valence-corrected chi connectivity index (χ2v) is 6.50. The number of amides is 1. The first-order valence-electron chi connectivity index (χ1n) is 9.63. The van der Waals surface area contributed by atoms with Gasteiger partial charge in [0.1, 0.15) is 0 Å². The van der Waals surface area contributed by atoms with E-state index in [4.69, 9.17) is 24.7 Å². The minimum Gasteiger partial charge on any atom is -0.493 e. The lowest BCUT2D eigenvalue weighted by atomic mass is 10.2. The molecule has 31 heavy (non-hydrogen) atoms. The number of fused-ring (bicyclic) bond motifs is 4. The number of hydrogen-bond acceptors (Lipinski definition) is 10. The first kappa shape index (κ1) is 21.9. The third-order valence-electron chi connectivity index (χ3n) is 4.39. The SMILES string of the molecule is CCOC(=O)N1Cc2ccc(OC)c(c2)OCCCCOc2nc(N)c([N+](=O)[O-])c1n2. The van der Waals surface area contributed by atoms with Gasteiger partial charge in [0.25, 0.3) is 0 Å². The molecule has 12 heteroatoms. The lowest BCUT2D eigenvalue weighted by molar-refractivity contribution is -0.383. The summed E-state index contributed by atoms with van der Waals surface area (Å²) in [5, 5.41) is 11.7. The van der Waals surface area contributed by atoms with E-state index >= 15 is 0 Å². The van der Waals surface area contributed by atoms with Gasteiger partial charge in [0, 0.05) is 0 Å². The number of carbonyl (C=O) groups excluding carboxylic acids is 1. The highest BCUT2D eigenvalue weighted by atomic mass is 16.6. The van der Waals surface area contributed by atoms with E-state index in [1.54, 1.807) is 25.1 Å². The highest BCUT2D eigenvalue weighted by molar-refractivity contribution is 5.90. The summed E-state index contributed by atoms with van der Waals surface area (Å²) in [5.41, 5.74) is 5.81. The van der Waals surface area contributed by atoms with Gasteiger partial charge in [0.15, 0.2) is 11.5 Å². The normalized spacial score (nSPS) is 13.9. The maximum Gasteiger partial charge on any atom is 0.415 e. The number of nitro groups is 1. The van der Waals surface area contributed by atoms with E-state index in [-0.39, 0.29) is 31.6 Å². The van der Waals surface area contributed by atoms with Gasteiger partial charge in [-0.05, 0) is 37.5 Å². The molecular formula is C19H23N5O7. The summed E-state index contributed by atoms with van der Waals surface area (Å²) in [5.74, 6) is 0.278. The van der Waals surface area contributed by atoms with E-state index < -0.39 is 22.5 Å². The van der Waals surface area contributed by atoms with Gasteiger partial charge in [-0.15, -0.1) is 0 Å². The summed E-state index contributed by atoms with van der Waals surface area (Å²) in [6.45, 7) is 2.23. The average Bonchev–Trinajstić information content (AvgIpc) is 2.73. The smallest absolute Gasteiger partial charge is 0.415 e. The molecule has 1 aliphatic heterocycles. The first-order chi connectivity index (χ1) is 14.9. The number of rotatable bonds is 3. The number of benzene rings is 1. The number of hydrogen-bond donors (Lipinski definition) is 1. The quantitative estimate of drug-likeness (QED) is 0.564. The Bertz CT molecular complexity index is 969. The average molecular weight is 433 g/mol. The second kappa shape index (κ2) is 9.78. The van der Waals surface area contributed by atoms with Crippen LogP contribution in [0.4, 0.5) is 22.1 Å². The van der Waals surface area contributed by atoms with Crippen molar-refractivity contribution in [3.8, 4) is 17.5 Å². The van der Waals surface area contributed by atoms with Crippen molar-refractivity contribution >= 4 is 23.4 Å². The van der Waals surface area contributed by atoms with E-state index in [1.807, 2.05) is 0 Å². The van der Waals surface area contributed by atoms with Crippen LogP contribution in [0, 0.1) is 10.1 Å². The minimum atomic E-state index is -0.833. The highest BCUT2D eigenvalue weighted by Crippen LogP contribution is 2.35. The van der Waals surface area contributed by atoms with Crippen molar-refractivity contribution in [3.05, 3.63) is 33.9 Å². The fourth-order valence-electron chi connectivity index (χ4n) is 2.96. The number of ether oxygens (including phenoxy) is 4. The lowest BCUT2D eigenvalue weighted by Crippen LogP contribution is -2.33. The van der Waals surface area contributed by atoms with Crippen LogP contribution < -0.4 is 24.8 Å². The Balaban J connectivity index is 2.15. The maximum absolute atomic E-state index is 12.7. The predicted octanol–water partition coefficient (Wildman–Crippen LogP) is 2.69. The molecule has 2 heterocycles. The van der Waals surface area contributed by atoms with Crippen LogP contribution in [0.25, 0.3) is 0 Å². The molecule has 0 spiro atoms. The van der Waals surface area contributed by atoms with Crippen LogP contribution >= 0.6 is 0 Å². The van der Waals surface area contributed by atoms with Gasteiger partial charge < -0.3 is 24.7 Å². The topological polar surface area (TPSA) is 152 Å². The summed E-state index contributed by atoms with van der Waals surface area (Å²) in [6, 6.07) is 4.93. The van der Waals surface area contributed by atoms with Crippen molar-refractivity contribution in [2.75, 3.05) is 37.6 Å². The zero-order chi connectivity index (χ0) is 22.4. The monoisotopic (exact) mass is 433 g/mol. The fraction of sp³-hybridized carbons (Fsp3) is 0.421. The Morgan fingerprint density at radius 1 is 1.29 bits per heavy atom. The molecule has 2 aromatic rings. The van der Waals surface area contributed by atoms with Crippen molar-refractivity contribution in [3.63, 3.8) is 0 Å². The molecule has 2 N–H and O–H groups in total. The molecule has 0 saturated heterocycles. The number of carbonyl (C=O) groups is 1. The lowest BCUT2D eigenvalue weighted by Gasteiger charge is -2.22. The van der Waals surface area contributed by atoms with Crippen LogP contribution in [0.1, 0.15) is 25.3 Å². The number of nitrogen functional groups attached to an aromatic ring is 1. The summed E-state index contributed by atoms with van der Waals surface area (Å²) in [4.78, 5) is 32.7. The Morgan fingerprint density at radius 2 is 2.03 bits per heavy atom. The highest BCUT2D eigenvalue weighted by Gasteiger charge is 2.32. The Hall–Kier alpha value is -3.83. The number of anilines is 2. The van der Waals surface area contributed by atoms with Gasteiger partial charge in [0.05, 0.1) is 38.4 Å².